The Balaban J connectivity index is 2.68. The average molecular weight is 228 g/mol. The molecule has 2 heteroatoms. The Labute approximate surface area is 101 Å². The zero-order valence-corrected chi connectivity index (χ0v) is 10.3. The summed E-state index contributed by atoms with van der Waals surface area (Å²) in [5.74, 6) is 0.577. The number of hydrogen-bond acceptors (Lipinski definition) is 2. The Bertz CT molecular complexity index is 571. The van der Waals surface area contributed by atoms with Gasteiger partial charge in [-0.2, -0.15) is 0 Å². The van der Waals surface area contributed by atoms with Crippen molar-refractivity contribution in [2.45, 2.75) is 20.8 Å². The van der Waals surface area contributed by atoms with E-state index in [0.717, 1.165) is 27.8 Å². The highest BCUT2D eigenvalue weighted by molar-refractivity contribution is 5.73. The maximum atomic E-state index is 9.84. The number of hydrogen-bond donors (Lipinski definition) is 2. The Morgan fingerprint density at radius 2 is 1.53 bits per heavy atom. The number of phenols is 2. The van der Waals surface area contributed by atoms with Crippen LogP contribution in [0.2, 0.25) is 0 Å². The topological polar surface area (TPSA) is 40.5 Å². The van der Waals surface area contributed by atoms with Crippen molar-refractivity contribution in [1.29, 1.82) is 0 Å². The van der Waals surface area contributed by atoms with Crippen LogP contribution in [-0.4, -0.2) is 10.2 Å². The largest absolute Gasteiger partial charge is 0.508 e. The summed E-state index contributed by atoms with van der Waals surface area (Å²) < 4.78 is 0. The summed E-state index contributed by atoms with van der Waals surface area (Å²) >= 11 is 0. The van der Waals surface area contributed by atoms with Gasteiger partial charge in [-0.1, -0.05) is 12.1 Å². The molecule has 0 heterocycles. The van der Waals surface area contributed by atoms with E-state index < -0.39 is 0 Å². The van der Waals surface area contributed by atoms with Crippen LogP contribution in [0.4, 0.5) is 0 Å². The highest BCUT2D eigenvalue weighted by Crippen LogP contribution is 2.33. The minimum absolute atomic E-state index is 0.265. The molecule has 0 aromatic heterocycles. The van der Waals surface area contributed by atoms with Crippen LogP contribution < -0.4 is 0 Å². The maximum Gasteiger partial charge on any atom is 0.119 e. The molecule has 17 heavy (non-hydrogen) atoms. The first kappa shape index (κ1) is 11.5. The molecule has 0 atom stereocenters. The molecule has 0 aliphatic rings. The molecule has 2 rings (SSSR count). The SMILES string of the molecule is Cc1cc(O)c(C)c(-c2ccc(O)cc2C)c1. The van der Waals surface area contributed by atoms with Crippen LogP contribution in [0.3, 0.4) is 0 Å². The average Bonchev–Trinajstić information content (AvgIpc) is 2.24. The molecule has 0 radical (unpaired) electrons. The Morgan fingerprint density at radius 3 is 2.18 bits per heavy atom. The fourth-order valence-electron chi connectivity index (χ4n) is 2.07. The molecule has 0 amide bonds. The van der Waals surface area contributed by atoms with Gasteiger partial charge >= 0.3 is 0 Å². The first-order valence-electron chi connectivity index (χ1n) is 5.59. The van der Waals surface area contributed by atoms with Gasteiger partial charge in [0.1, 0.15) is 11.5 Å². The van der Waals surface area contributed by atoms with E-state index in [4.69, 9.17) is 0 Å². The summed E-state index contributed by atoms with van der Waals surface area (Å²) in [6, 6.07) is 9.09. The number of aromatic hydroxyl groups is 2. The second-order valence-corrected chi connectivity index (χ2v) is 4.46. The lowest BCUT2D eigenvalue weighted by Gasteiger charge is -2.12. The predicted molar refractivity (Wildman–Crippen MR) is 69.4 cm³/mol. The minimum Gasteiger partial charge on any atom is -0.508 e. The first-order valence-corrected chi connectivity index (χ1v) is 5.59. The monoisotopic (exact) mass is 228 g/mol. The molecule has 2 aromatic carbocycles. The first-order chi connectivity index (χ1) is 7.99. The summed E-state index contributed by atoms with van der Waals surface area (Å²) in [5, 5.41) is 19.3. The minimum atomic E-state index is 0.265. The van der Waals surface area contributed by atoms with Crippen LogP contribution in [0.5, 0.6) is 11.5 Å². The molecular weight excluding hydrogens is 212 g/mol. The summed E-state index contributed by atoms with van der Waals surface area (Å²) in [4.78, 5) is 0. The zero-order chi connectivity index (χ0) is 12.6. The van der Waals surface area contributed by atoms with E-state index in [-0.39, 0.29) is 5.75 Å². The van der Waals surface area contributed by atoms with Gasteiger partial charge in [0.25, 0.3) is 0 Å². The fraction of sp³-hybridized carbons (Fsp3) is 0.200. The third-order valence-electron chi connectivity index (χ3n) is 3.02. The Hall–Kier alpha value is -1.96. The third-order valence-corrected chi connectivity index (χ3v) is 3.02. The lowest BCUT2D eigenvalue weighted by molar-refractivity contribution is 0.471. The van der Waals surface area contributed by atoms with Gasteiger partial charge in [-0.15, -0.1) is 0 Å². The molecule has 0 spiro atoms. The second kappa shape index (κ2) is 4.13. The van der Waals surface area contributed by atoms with E-state index in [2.05, 4.69) is 6.07 Å². The van der Waals surface area contributed by atoms with E-state index >= 15 is 0 Å². The van der Waals surface area contributed by atoms with Crippen LogP contribution in [-0.2, 0) is 0 Å². The molecule has 88 valence electrons. The van der Waals surface area contributed by atoms with Crippen LogP contribution in [0.1, 0.15) is 16.7 Å². The molecule has 0 aliphatic heterocycles. The molecule has 0 aliphatic carbocycles. The summed E-state index contributed by atoms with van der Waals surface area (Å²) in [6.07, 6.45) is 0. The molecule has 2 N–H and O–H groups in total. The maximum absolute atomic E-state index is 9.84. The van der Waals surface area contributed by atoms with Gasteiger partial charge in [0, 0.05) is 0 Å². The van der Waals surface area contributed by atoms with E-state index in [1.54, 1.807) is 18.2 Å². The van der Waals surface area contributed by atoms with Gasteiger partial charge < -0.3 is 10.2 Å². The normalized spacial score (nSPS) is 10.5. The Kier molecular flexibility index (Phi) is 2.80. The van der Waals surface area contributed by atoms with Crippen LogP contribution in [0, 0.1) is 20.8 Å². The van der Waals surface area contributed by atoms with Crippen molar-refractivity contribution in [2.75, 3.05) is 0 Å². The van der Waals surface area contributed by atoms with Crippen molar-refractivity contribution in [1.82, 2.24) is 0 Å². The van der Waals surface area contributed by atoms with Gasteiger partial charge in [0.2, 0.25) is 0 Å². The van der Waals surface area contributed by atoms with E-state index in [1.165, 1.54) is 0 Å². The highest BCUT2D eigenvalue weighted by Gasteiger charge is 2.09. The summed E-state index contributed by atoms with van der Waals surface area (Å²) in [5.41, 5.74) is 4.94. The number of phenolic OH excluding ortho intramolecular Hbond substituents is 2. The standard InChI is InChI=1S/C15H16O2/c1-9-6-14(11(3)15(17)7-9)13-5-4-12(16)8-10(13)2/h4-8,16-17H,1-3H3. The molecule has 0 saturated carbocycles. The van der Waals surface area contributed by atoms with Gasteiger partial charge in [-0.05, 0) is 66.8 Å². The molecule has 0 unspecified atom stereocenters. The van der Waals surface area contributed by atoms with Crippen molar-refractivity contribution < 1.29 is 10.2 Å². The van der Waals surface area contributed by atoms with E-state index in [0.29, 0.717) is 5.75 Å². The van der Waals surface area contributed by atoms with Gasteiger partial charge in [-0.3, -0.25) is 0 Å². The van der Waals surface area contributed by atoms with E-state index in [9.17, 15) is 10.2 Å². The van der Waals surface area contributed by atoms with Gasteiger partial charge in [0.15, 0.2) is 0 Å². The van der Waals surface area contributed by atoms with Crippen molar-refractivity contribution in [2.24, 2.45) is 0 Å². The molecule has 0 saturated heterocycles. The number of benzene rings is 2. The predicted octanol–water partition coefficient (Wildman–Crippen LogP) is 3.69. The van der Waals surface area contributed by atoms with Gasteiger partial charge in [-0.25, -0.2) is 0 Å². The third kappa shape index (κ3) is 2.11. The van der Waals surface area contributed by atoms with Crippen molar-refractivity contribution in [3.8, 4) is 22.6 Å². The lowest BCUT2D eigenvalue weighted by Crippen LogP contribution is -1.89. The zero-order valence-electron chi connectivity index (χ0n) is 10.3. The molecule has 0 fully saturated rings. The van der Waals surface area contributed by atoms with E-state index in [1.807, 2.05) is 26.8 Å². The number of aryl methyl sites for hydroxylation is 2. The van der Waals surface area contributed by atoms with Crippen molar-refractivity contribution in [3.63, 3.8) is 0 Å². The van der Waals surface area contributed by atoms with Crippen molar-refractivity contribution in [3.05, 3.63) is 47.0 Å². The number of rotatable bonds is 1. The van der Waals surface area contributed by atoms with Crippen LogP contribution in [0.15, 0.2) is 30.3 Å². The quantitative estimate of drug-likeness (QED) is 0.781. The van der Waals surface area contributed by atoms with Gasteiger partial charge in [0.05, 0.1) is 0 Å². The highest BCUT2D eigenvalue weighted by atomic mass is 16.3. The Morgan fingerprint density at radius 1 is 0.824 bits per heavy atom. The second-order valence-electron chi connectivity index (χ2n) is 4.46. The molecular formula is C15H16O2. The fourth-order valence-corrected chi connectivity index (χ4v) is 2.07. The summed E-state index contributed by atoms with van der Waals surface area (Å²) in [6.45, 7) is 5.81. The van der Waals surface area contributed by atoms with Crippen LogP contribution in [0.25, 0.3) is 11.1 Å². The summed E-state index contributed by atoms with van der Waals surface area (Å²) in [7, 11) is 0. The smallest absolute Gasteiger partial charge is 0.119 e. The molecule has 0 bridgehead atoms. The van der Waals surface area contributed by atoms with Crippen LogP contribution >= 0.6 is 0 Å². The molecule has 2 aromatic rings. The lowest BCUT2D eigenvalue weighted by atomic mass is 9.94. The van der Waals surface area contributed by atoms with Crippen molar-refractivity contribution >= 4 is 0 Å². The molecule has 2 nitrogen and oxygen atoms in total.